The van der Waals surface area contributed by atoms with E-state index >= 15 is 0 Å². The van der Waals surface area contributed by atoms with Crippen LogP contribution < -0.4 is 5.32 Å². The molecule has 0 spiro atoms. The third kappa shape index (κ3) is 4.39. The number of carboxylic acid groups (broad SMARTS) is 1. The Hall–Kier alpha value is -2.25. The van der Waals surface area contributed by atoms with E-state index in [0.29, 0.717) is 12.8 Å². The van der Waals surface area contributed by atoms with Crippen LogP contribution in [0.15, 0.2) is 24.3 Å². The van der Waals surface area contributed by atoms with E-state index in [-0.39, 0.29) is 25.0 Å². The minimum atomic E-state index is -4.82. The molecule has 0 aliphatic carbocycles. The molecule has 132 valence electrons. The molecule has 24 heavy (non-hydrogen) atoms. The second kappa shape index (κ2) is 7.11. The van der Waals surface area contributed by atoms with E-state index in [1.807, 2.05) is 24.3 Å². The highest BCUT2D eigenvalue weighted by Crippen LogP contribution is 2.30. The maximum Gasteiger partial charge on any atom is 0.471 e. The van der Waals surface area contributed by atoms with Crippen molar-refractivity contribution in [3.8, 4) is 0 Å². The van der Waals surface area contributed by atoms with Crippen LogP contribution in [0.1, 0.15) is 42.9 Å². The summed E-state index contributed by atoms with van der Waals surface area (Å²) < 4.78 is 37.3. The van der Waals surface area contributed by atoms with Crippen LogP contribution in [0.25, 0.3) is 0 Å². The smallest absolute Gasteiger partial charge is 0.465 e. The van der Waals surface area contributed by atoms with Crippen molar-refractivity contribution in [2.24, 2.45) is 0 Å². The summed E-state index contributed by atoms with van der Waals surface area (Å²) in [5, 5.41) is 11.1. The summed E-state index contributed by atoms with van der Waals surface area (Å²) in [6.45, 7) is 1.90. The first-order chi connectivity index (χ1) is 11.2. The molecule has 1 aliphatic heterocycles. The predicted molar refractivity (Wildman–Crippen MR) is 80.6 cm³/mol. The highest BCUT2D eigenvalue weighted by Gasteiger charge is 2.43. The number of nitrogens with zero attached hydrogens (tertiary/aromatic N) is 1. The van der Waals surface area contributed by atoms with Gasteiger partial charge in [-0.25, -0.2) is 4.79 Å². The summed E-state index contributed by atoms with van der Waals surface area (Å²) in [6, 6.07) is 7.00. The lowest BCUT2D eigenvalue weighted by molar-refractivity contribution is -0.186. The van der Waals surface area contributed by atoms with Gasteiger partial charge in [-0.05, 0) is 36.8 Å². The highest BCUT2D eigenvalue weighted by molar-refractivity contribution is 5.81. The molecular formula is C16H19F3N2O3. The molecule has 2 rings (SSSR count). The van der Waals surface area contributed by atoms with Crippen molar-refractivity contribution in [1.29, 1.82) is 0 Å². The van der Waals surface area contributed by atoms with Gasteiger partial charge in [0.15, 0.2) is 0 Å². The summed E-state index contributed by atoms with van der Waals surface area (Å²) in [6.07, 6.45) is -4.97. The first kappa shape index (κ1) is 18.1. The summed E-state index contributed by atoms with van der Waals surface area (Å²) in [5.74, 6) is -1.68. The van der Waals surface area contributed by atoms with E-state index in [0.717, 1.165) is 16.0 Å². The first-order valence-corrected chi connectivity index (χ1v) is 7.64. The second-order valence-corrected chi connectivity index (χ2v) is 5.90. The number of carbonyl (C=O) groups is 2. The molecule has 8 heteroatoms. The van der Waals surface area contributed by atoms with Gasteiger partial charge in [-0.3, -0.25) is 4.79 Å². The van der Waals surface area contributed by atoms with E-state index in [1.54, 1.807) is 6.92 Å². The van der Waals surface area contributed by atoms with Crippen molar-refractivity contribution in [3.05, 3.63) is 35.4 Å². The molecule has 2 amide bonds. The van der Waals surface area contributed by atoms with Gasteiger partial charge in [-0.2, -0.15) is 13.2 Å². The van der Waals surface area contributed by atoms with E-state index in [2.05, 4.69) is 5.32 Å². The van der Waals surface area contributed by atoms with Gasteiger partial charge in [0.05, 0.1) is 6.04 Å². The number of alkyl halides is 3. The number of rotatable bonds is 3. The van der Waals surface area contributed by atoms with Gasteiger partial charge in [-0.15, -0.1) is 0 Å². The van der Waals surface area contributed by atoms with Gasteiger partial charge < -0.3 is 15.3 Å². The molecule has 1 aromatic rings. The fourth-order valence-electron chi connectivity index (χ4n) is 2.92. The Labute approximate surface area is 137 Å². The van der Waals surface area contributed by atoms with Gasteiger partial charge >= 0.3 is 18.2 Å². The summed E-state index contributed by atoms with van der Waals surface area (Å²) in [7, 11) is 0. The molecular weight excluding hydrogens is 325 g/mol. The number of likely N-dealkylation sites (tertiary alicyclic amines) is 1. The minimum absolute atomic E-state index is 0.0851. The molecule has 1 aliphatic rings. The van der Waals surface area contributed by atoms with Crippen molar-refractivity contribution in [2.75, 3.05) is 13.1 Å². The molecule has 1 fully saturated rings. The lowest BCUT2D eigenvalue weighted by atomic mass is 9.88. The number of benzene rings is 1. The SMILES string of the molecule is C[C@H](NC(=O)O)c1ccc(C2CCN(C(=O)C(F)(F)F)CC2)cc1. The number of piperidine rings is 1. The molecule has 5 nitrogen and oxygen atoms in total. The average molecular weight is 344 g/mol. The molecule has 0 unspecified atom stereocenters. The summed E-state index contributed by atoms with van der Waals surface area (Å²) >= 11 is 0. The van der Waals surface area contributed by atoms with Crippen LogP contribution >= 0.6 is 0 Å². The number of carbonyl (C=O) groups excluding carboxylic acids is 1. The molecule has 0 saturated carbocycles. The Balaban J connectivity index is 1.95. The topological polar surface area (TPSA) is 69.6 Å². The van der Waals surface area contributed by atoms with Crippen molar-refractivity contribution in [1.82, 2.24) is 10.2 Å². The number of halogens is 3. The molecule has 0 aromatic heterocycles. The van der Waals surface area contributed by atoms with Gasteiger partial charge in [0.2, 0.25) is 0 Å². The second-order valence-electron chi connectivity index (χ2n) is 5.90. The molecule has 0 bridgehead atoms. The first-order valence-electron chi connectivity index (χ1n) is 7.64. The molecule has 0 radical (unpaired) electrons. The molecule has 1 heterocycles. The van der Waals surface area contributed by atoms with Crippen LogP contribution in [0.5, 0.6) is 0 Å². The predicted octanol–water partition coefficient (Wildman–Crippen LogP) is 3.28. The van der Waals surface area contributed by atoms with Crippen molar-refractivity contribution in [2.45, 2.75) is 37.9 Å². The number of amides is 2. The zero-order valence-corrected chi connectivity index (χ0v) is 13.1. The van der Waals surface area contributed by atoms with Gasteiger partial charge in [-0.1, -0.05) is 24.3 Å². The van der Waals surface area contributed by atoms with E-state index in [9.17, 15) is 22.8 Å². The van der Waals surface area contributed by atoms with Crippen molar-refractivity contribution >= 4 is 12.0 Å². The van der Waals surface area contributed by atoms with Gasteiger partial charge in [0.1, 0.15) is 0 Å². The van der Waals surface area contributed by atoms with Crippen molar-refractivity contribution in [3.63, 3.8) is 0 Å². The summed E-state index contributed by atoms with van der Waals surface area (Å²) in [4.78, 5) is 22.7. The Kier molecular flexibility index (Phi) is 5.36. The Morgan fingerprint density at radius 2 is 1.75 bits per heavy atom. The fraction of sp³-hybridized carbons (Fsp3) is 0.500. The standard InChI is InChI=1S/C16H19F3N2O3/c1-10(20-15(23)24)11-2-4-12(5-3-11)13-6-8-21(9-7-13)14(22)16(17,18)19/h2-5,10,13,20H,6-9H2,1H3,(H,23,24)/t10-/m0/s1. The quantitative estimate of drug-likeness (QED) is 0.884. The number of nitrogens with one attached hydrogen (secondary N) is 1. The zero-order valence-electron chi connectivity index (χ0n) is 13.1. The largest absolute Gasteiger partial charge is 0.471 e. The maximum absolute atomic E-state index is 12.4. The van der Waals surface area contributed by atoms with E-state index in [1.165, 1.54) is 0 Å². The third-order valence-corrected chi connectivity index (χ3v) is 4.27. The molecule has 1 saturated heterocycles. The molecule has 2 N–H and O–H groups in total. The summed E-state index contributed by atoms with van der Waals surface area (Å²) in [5.41, 5.74) is 1.80. The van der Waals surface area contributed by atoms with Crippen LogP contribution in [-0.4, -0.2) is 41.3 Å². The van der Waals surface area contributed by atoms with Crippen LogP contribution in [-0.2, 0) is 4.79 Å². The third-order valence-electron chi connectivity index (χ3n) is 4.27. The maximum atomic E-state index is 12.4. The normalized spacial score (nSPS) is 17.4. The highest BCUT2D eigenvalue weighted by atomic mass is 19.4. The van der Waals surface area contributed by atoms with Crippen LogP contribution in [0, 0.1) is 0 Å². The lowest BCUT2D eigenvalue weighted by Gasteiger charge is -2.32. The average Bonchev–Trinajstić information content (AvgIpc) is 2.53. The fourth-order valence-corrected chi connectivity index (χ4v) is 2.92. The molecule has 1 atom stereocenters. The lowest BCUT2D eigenvalue weighted by Crippen LogP contribution is -2.45. The van der Waals surface area contributed by atoms with Crippen LogP contribution in [0.3, 0.4) is 0 Å². The van der Waals surface area contributed by atoms with Gasteiger partial charge in [0.25, 0.3) is 0 Å². The van der Waals surface area contributed by atoms with E-state index in [4.69, 9.17) is 5.11 Å². The number of hydrogen-bond donors (Lipinski definition) is 2. The van der Waals surface area contributed by atoms with E-state index < -0.39 is 18.2 Å². The Morgan fingerprint density at radius 3 is 2.21 bits per heavy atom. The molecule has 1 aromatic carbocycles. The Bertz CT molecular complexity index is 594. The monoisotopic (exact) mass is 344 g/mol. The van der Waals surface area contributed by atoms with Crippen LogP contribution in [0.2, 0.25) is 0 Å². The zero-order chi connectivity index (χ0) is 17.9. The van der Waals surface area contributed by atoms with Crippen LogP contribution in [0.4, 0.5) is 18.0 Å². The number of hydrogen-bond acceptors (Lipinski definition) is 2. The van der Waals surface area contributed by atoms with Gasteiger partial charge in [0, 0.05) is 13.1 Å². The van der Waals surface area contributed by atoms with Crippen molar-refractivity contribution < 1.29 is 27.9 Å². The Morgan fingerprint density at radius 1 is 1.21 bits per heavy atom. The minimum Gasteiger partial charge on any atom is -0.465 e.